The SMILES string of the molecule is CNC(C(=O)OC)c1cscn1. The number of hydrogen-bond donors (Lipinski definition) is 1. The number of thiazole rings is 1. The minimum Gasteiger partial charge on any atom is -0.468 e. The zero-order chi connectivity index (χ0) is 8.97. The van der Waals surface area contributed by atoms with Crippen molar-refractivity contribution in [1.82, 2.24) is 10.3 Å². The van der Waals surface area contributed by atoms with E-state index in [0.717, 1.165) is 0 Å². The van der Waals surface area contributed by atoms with Crippen LogP contribution in [0.5, 0.6) is 0 Å². The monoisotopic (exact) mass is 186 g/mol. The minimum absolute atomic E-state index is 0.316. The van der Waals surface area contributed by atoms with Crippen LogP contribution >= 0.6 is 11.3 Å². The van der Waals surface area contributed by atoms with Gasteiger partial charge in [-0.15, -0.1) is 11.3 Å². The lowest BCUT2D eigenvalue weighted by molar-refractivity contribution is -0.143. The second-order valence-corrected chi connectivity index (χ2v) is 2.88. The molecule has 0 bridgehead atoms. The second kappa shape index (κ2) is 4.18. The largest absolute Gasteiger partial charge is 0.468 e. The molecular weight excluding hydrogens is 176 g/mol. The first-order valence-electron chi connectivity index (χ1n) is 3.42. The number of ether oxygens (including phenoxy) is 1. The van der Waals surface area contributed by atoms with Gasteiger partial charge in [0.1, 0.15) is 6.04 Å². The fourth-order valence-corrected chi connectivity index (χ4v) is 1.45. The summed E-state index contributed by atoms with van der Waals surface area (Å²) in [6.07, 6.45) is 0. The Bertz CT molecular complexity index is 248. The smallest absolute Gasteiger partial charge is 0.329 e. The molecule has 0 aliphatic rings. The van der Waals surface area contributed by atoms with Crippen LogP contribution in [0.3, 0.4) is 0 Å². The number of methoxy groups -OCH3 is 1. The van der Waals surface area contributed by atoms with Gasteiger partial charge in [-0.3, -0.25) is 0 Å². The highest BCUT2D eigenvalue weighted by Crippen LogP contribution is 2.13. The molecule has 1 rings (SSSR count). The van der Waals surface area contributed by atoms with Gasteiger partial charge in [0.25, 0.3) is 0 Å². The first kappa shape index (κ1) is 9.15. The van der Waals surface area contributed by atoms with Crippen molar-refractivity contribution < 1.29 is 9.53 Å². The molecule has 1 N–H and O–H groups in total. The molecule has 0 amide bonds. The maximum atomic E-state index is 11.1. The number of carbonyl (C=O) groups is 1. The van der Waals surface area contributed by atoms with Crippen molar-refractivity contribution in [1.29, 1.82) is 0 Å². The molecule has 0 saturated heterocycles. The summed E-state index contributed by atoms with van der Waals surface area (Å²) >= 11 is 1.45. The van der Waals surface area contributed by atoms with Crippen molar-refractivity contribution in [2.45, 2.75) is 6.04 Å². The molecule has 0 spiro atoms. The first-order chi connectivity index (χ1) is 5.79. The van der Waals surface area contributed by atoms with E-state index in [1.165, 1.54) is 18.4 Å². The summed E-state index contributed by atoms with van der Waals surface area (Å²) in [5.41, 5.74) is 2.39. The van der Waals surface area contributed by atoms with Gasteiger partial charge in [0, 0.05) is 5.38 Å². The van der Waals surface area contributed by atoms with Crippen LogP contribution in [0.15, 0.2) is 10.9 Å². The lowest BCUT2D eigenvalue weighted by Gasteiger charge is -2.09. The Morgan fingerprint density at radius 3 is 3.00 bits per heavy atom. The predicted octanol–water partition coefficient (Wildman–Crippen LogP) is 0.577. The fraction of sp³-hybridized carbons (Fsp3) is 0.429. The molecular formula is C7H10N2O2S. The van der Waals surface area contributed by atoms with Crippen LogP contribution in [0.4, 0.5) is 0 Å². The molecule has 5 heteroatoms. The average Bonchev–Trinajstić information content (AvgIpc) is 2.58. The molecule has 1 aromatic rings. The molecule has 12 heavy (non-hydrogen) atoms. The summed E-state index contributed by atoms with van der Waals surface area (Å²) in [5, 5.41) is 4.64. The van der Waals surface area contributed by atoms with Crippen LogP contribution in [0.25, 0.3) is 0 Å². The number of aromatic nitrogens is 1. The van der Waals surface area contributed by atoms with Crippen molar-refractivity contribution in [3.63, 3.8) is 0 Å². The van der Waals surface area contributed by atoms with Gasteiger partial charge in [0.05, 0.1) is 18.3 Å². The number of hydrogen-bond acceptors (Lipinski definition) is 5. The summed E-state index contributed by atoms with van der Waals surface area (Å²) in [6.45, 7) is 0. The molecule has 1 unspecified atom stereocenters. The third-order valence-corrected chi connectivity index (χ3v) is 2.08. The Hall–Kier alpha value is -0.940. The Morgan fingerprint density at radius 2 is 2.58 bits per heavy atom. The van der Waals surface area contributed by atoms with Crippen LogP contribution < -0.4 is 5.32 Å². The summed E-state index contributed by atoms with van der Waals surface area (Å²) in [6, 6.07) is -0.443. The summed E-state index contributed by atoms with van der Waals surface area (Å²) < 4.78 is 4.59. The number of nitrogens with zero attached hydrogens (tertiary/aromatic N) is 1. The Balaban J connectivity index is 2.76. The fourth-order valence-electron chi connectivity index (χ4n) is 0.869. The van der Waals surface area contributed by atoms with Gasteiger partial charge in [0.2, 0.25) is 0 Å². The van der Waals surface area contributed by atoms with Gasteiger partial charge in [-0.2, -0.15) is 0 Å². The molecule has 0 fully saturated rings. The van der Waals surface area contributed by atoms with Gasteiger partial charge in [-0.25, -0.2) is 9.78 Å². The Morgan fingerprint density at radius 1 is 1.83 bits per heavy atom. The third-order valence-electron chi connectivity index (χ3n) is 1.47. The number of carbonyl (C=O) groups excluding carboxylic acids is 1. The van der Waals surface area contributed by atoms with E-state index in [1.54, 1.807) is 12.6 Å². The average molecular weight is 186 g/mol. The van der Waals surface area contributed by atoms with E-state index in [2.05, 4.69) is 15.0 Å². The molecule has 1 aromatic heterocycles. The molecule has 0 aromatic carbocycles. The van der Waals surface area contributed by atoms with Crippen LogP contribution in [-0.4, -0.2) is 25.1 Å². The molecule has 66 valence electrons. The van der Waals surface area contributed by atoms with Crippen molar-refractivity contribution in [2.75, 3.05) is 14.2 Å². The lowest BCUT2D eigenvalue weighted by atomic mass is 10.2. The van der Waals surface area contributed by atoms with E-state index in [4.69, 9.17) is 0 Å². The second-order valence-electron chi connectivity index (χ2n) is 2.16. The Kier molecular flexibility index (Phi) is 3.19. The first-order valence-corrected chi connectivity index (χ1v) is 4.37. The summed E-state index contributed by atoms with van der Waals surface area (Å²) in [7, 11) is 3.06. The molecule has 0 aliphatic carbocycles. The molecule has 1 atom stereocenters. The van der Waals surface area contributed by atoms with E-state index < -0.39 is 6.04 Å². The molecule has 4 nitrogen and oxygen atoms in total. The van der Waals surface area contributed by atoms with Crippen molar-refractivity contribution in [2.24, 2.45) is 0 Å². The van der Waals surface area contributed by atoms with Gasteiger partial charge >= 0.3 is 5.97 Å². The van der Waals surface area contributed by atoms with E-state index >= 15 is 0 Å². The van der Waals surface area contributed by atoms with Gasteiger partial charge in [-0.05, 0) is 7.05 Å². The third kappa shape index (κ3) is 1.80. The topological polar surface area (TPSA) is 51.2 Å². The molecule has 0 radical (unpaired) electrons. The van der Waals surface area contributed by atoms with Gasteiger partial charge in [0.15, 0.2) is 0 Å². The summed E-state index contributed by atoms with van der Waals surface area (Å²) in [5.74, 6) is -0.316. The lowest BCUT2D eigenvalue weighted by Crippen LogP contribution is -2.26. The number of esters is 1. The van der Waals surface area contributed by atoms with E-state index in [9.17, 15) is 4.79 Å². The number of likely N-dealkylation sites (N-methyl/N-ethyl adjacent to an activating group) is 1. The zero-order valence-electron chi connectivity index (χ0n) is 6.90. The number of rotatable bonds is 3. The minimum atomic E-state index is -0.443. The highest BCUT2D eigenvalue weighted by atomic mass is 32.1. The standard InChI is InChI=1S/C7H10N2O2S/c1-8-6(7(10)11-2)5-3-12-4-9-5/h3-4,6,8H,1-2H3. The van der Waals surface area contributed by atoms with E-state index in [1.807, 2.05) is 5.38 Å². The van der Waals surface area contributed by atoms with Crippen LogP contribution in [0, 0.1) is 0 Å². The quantitative estimate of drug-likeness (QED) is 0.701. The van der Waals surface area contributed by atoms with E-state index in [-0.39, 0.29) is 5.97 Å². The van der Waals surface area contributed by atoms with Crippen LogP contribution in [0.1, 0.15) is 11.7 Å². The van der Waals surface area contributed by atoms with Crippen molar-refractivity contribution in [3.8, 4) is 0 Å². The van der Waals surface area contributed by atoms with Crippen LogP contribution in [0.2, 0.25) is 0 Å². The summed E-state index contributed by atoms with van der Waals surface area (Å²) in [4.78, 5) is 15.1. The van der Waals surface area contributed by atoms with Crippen molar-refractivity contribution >= 4 is 17.3 Å². The maximum Gasteiger partial charge on any atom is 0.329 e. The maximum absolute atomic E-state index is 11.1. The Labute approximate surface area is 74.6 Å². The predicted molar refractivity (Wildman–Crippen MR) is 45.9 cm³/mol. The highest BCUT2D eigenvalue weighted by Gasteiger charge is 2.20. The molecule has 1 heterocycles. The normalized spacial score (nSPS) is 12.5. The van der Waals surface area contributed by atoms with E-state index in [0.29, 0.717) is 5.69 Å². The molecule has 0 saturated carbocycles. The van der Waals surface area contributed by atoms with Gasteiger partial charge in [-0.1, -0.05) is 0 Å². The van der Waals surface area contributed by atoms with Crippen LogP contribution in [-0.2, 0) is 9.53 Å². The number of nitrogens with one attached hydrogen (secondary N) is 1. The highest BCUT2D eigenvalue weighted by molar-refractivity contribution is 7.07. The van der Waals surface area contributed by atoms with Crippen molar-refractivity contribution in [3.05, 3.63) is 16.6 Å². The van der Waals surface area contributed by atoms with Gasteiger partial charge < -0.3 is 10.1 Å². The molecule has 0 aliphatic heterocycles. The zero-order valence-corrected chi connectivity index (χ0v) is 7.72.